The van der Waals surface area contributed by atoms with Crippen molar-refractivity contribution in [3.63, 3.8) is 0 Å². The minimum Gasteiger partial charge on any atom is -0.384 e. The average molecular weight is 608 g/mol. The van der Waals surface area contributed by atoms with Crippen LogP contribution in [0.2, 0.25) is 0 Å². The number of nitrogens with two attached hydrogens (primary N) is 2. The molecule has 6 N–H and O–H groups in total. The number of carbonyl (C=O) groups excluding carboxylic acids is 1. The fourth-order valence-electron chi connectivity index (χ4n) is 5.82. The maximum Gasteiger partial charge on any atom is 0.227 e. The Hall–Kier alpha value is -5.76. The number of anilines is 1. The fourth-order valence-corrected chi connectivity index (χ4v) is 5.82. The lowest BCUT2D eigenvalue weighted by molar-refractivity contribution is -0.118. The Morgan fingerprint density at radius 3 is 1.98 bits per heavy atom. The predicted octanol–water partition coefficient (Wildman–Crippen LogP) is 6.25. The van der Waals surface area contributed by atoms with Crippen LogP contribution in [0.15, 0.2) is 109 Å². The van der Waals surface area contributed by atoms with Crippen LogP contribution >= 0.6 is 0 Å². The molecular weight excluding hydrogens is 570 g/mol. The molecule has 1 aromatic heterocycles. The topological polar surface area (TPSA) is 138 Å². The Balaban J connectivity index is 1.26. The number of nitrogens with zero attached hydrogens (tertiary/aromatic N) is 3. The summed E-state index contributed by atoms with van der Waals surface area (Å²) in [5.41, 5.74) is 18.5. The predicted molar refractivity (Wildman–Crippen MR) is 186 cm³/mol. The molecule has 0 fully saturated rings. The van der Waals surface area contributed by atoms with Crippen molar-refractivity contribution < 1.29 is 4.79 Å². The number of imidazole rings is 1. The normalized spacial score (nSPS) is 11.2. The van der Waals surface area contributed by atoms with Gasteiger partial charge in [0, 0.05) is 36.7 Å². The van der Waals surface area contributed by atoms with Gasteiger partial charge in [0.25, 0.3) is 0 Å². The van der Waals surface area contributed by atoms with E-state index in [0.29, 0.717) is 30.5 Å². The van der Waals surface area contributed by atoms with Crippen LogP contribution in [0.1, 0.15) is 40.1 Å². The maximum absolute atomic E-state index is 13.9. The summed E-state index contributed by atoms with van der Waals surface area (Å²) >= 11 is 0. The van der Waals surface area contributed by atoms with E-state index in [2.05, 4.69) is 34.9 Å². The standard InChI is InChI=1S/C38H37N7O/c1-44-34-19-18-32(23-33(34)43-35(44)20-11-25-6-14-29(15-7-25)37(39)40)45(24-27-10-13-28-4-2-3-5-31(28)22-27)36(46)21-12-26-8-16-30(17-9-26)38(41)42/h2-10,13-19,22-23H,11-12,20-21,24H2,1H3,(H3,39,40)(H3,41,42). The lowest BCUT2D eigenvalue weighted by Gasteiger charge is -2.24. The number of fused-ring (bicyclic) bond motifs is 2. The van der Waals surface area contributed by atoms with E-state index in [9.17, 15) is 4.79 Å². The Labute approximate surface area is 268 Å². The zero-order valence-electron chi connectivity index (χ0n) is 25.8. The summed E-state index contributed by atoms with van der Waals surface area (Å²) < 4.78 is 2.11. The molecule has 230 valence electrons. The molecule has 0 unspecified atom stereocenters. The SMILES string of the molecule is Cn1c(CCc2ccc(C(=N)N)cc2)nc2cc(N(Cc3ccc4ccccc4c3)C(=O)CCc3ccc(C(=N)N)cc3)ccc21. The maximum atomic E-state index is 13.9. The van der Waals surface area contributed by atoms with Gasteiger partial charge in [-0.3, -0.25) is 15.6 Å². The van der Waals surface area contributed by atoms with Crippen LogP contribution in [0.3, 0.4) is 0 Å². The number of aromatic nitrogens is 2. The van der Waals surface area contributed by atoms with E-state index in [1.807, 2.05) is 90.8 Å². The van der Waals surface area contributed by atoms with Crippen molar-refractivity contribution in [3.05, 3.63) is 143 Å². The number of carbonyl (C=O) groups is 1. The zero-order chi connectivity index (χ0) is 32.2. The van der Waals surface area contributed by atoms with Crippen molar-refractivity contribution in [2.75, 3.05) is 4.90 Å². The molecular formula is C38H37N7O. The van der Waals surface area contributed by atoms with E-state index in [1.54, 1.807) is 0 Å². The van der Waals surface area contributed by atoms with Gasteiger partial charge in [0.2, 0.25) is 5.91 Å². The van der Waals surface area contributed by atoms with Crippen molar-refractivity contribution in [1.82, 2.24) is 9.55 Å². The summed E-state index contributed by atoms with van der Waals surface area (Å²) in [6.45, 7) is 0.439. The molecule has 8 heteroatoms. The van der Waals surface area contributed by atoms with E-state index in [0.717, 1.165) is 62.8 Å². The minimum atomic E-state index is 0.0216. The van der Waals surface area contributed by atoms with Gasteiger partial charge in [0.05, 0.1) is 17.6 Å². The van der Waals surface area contributed by atoms with Crippen molar-refractivity contribution in [2.24, 2.45) is 18.5 Å². The number of nitrogens with one attached hydrogen (secondary N) is 2. The second kappa shape index (κ2) is 13.1. The van der Waals surface area contributed by atoms with Gasteiger partial charge in [-0.1, -0.05) is 84.9 Å². The third-order valence-corrected chi connectivity index (χ3v) is 8.52. The quantitative estimate of drug-likeness (QED) is 0.102. The number of aryl methyl sites for hydroxylation is 4. The largest absolute Gasteiger partial charge is 0.384 e. The molecule has 0 radical (unpaired) electrons. The van der Waals surface area contributed by atoms with Gasteiger partial charge in [-0.25, -0.2) is 4.98 Å². The summed E-state index contributed by atoms with van der Waals surface area (Å²) in [6, 6.07) is 35.9. The molecule has 0 bridgehead atoms. The van der Waals surface area contributed by atoms with E-state index < -0.39 is 0 Å². The van der Waals surface area contributed by atoms with Crippen LogP contribution in [-0.2, 0) is 37.6 Å². The third-order valence-electron chi connectivity index (χ3n) is 8.52. The highest BCUT2D eigenvalue weighted by molar-refractivity contribution is 5.97. The van der Waals surface area contributed by atoms with Gasteiger partial charge >= 0.3 is 0 Å². The molecule has 0 saturated carbocycles. The van der Waals surface area contributed by atoms with E-state index in [4.69, 9.17) is 27.3 Å². The number of hydrogen-bond donors (Lipinski definition) is 4. The molecule has 1 amide bonds. The van der Waals surface area contributed by atoms with Crippen molar-refractivity contribution >= 4 is 45.1 Å². The number of rotatable bonds is 11. The molecule has 46 heavy (non-hydrogen) atoms. The summed E-state index contributed by atoms with van der Waals surface area (Å²) in [5.74, 6) is 1.08. The van der Waals surface area contributed by atoms with Crippen LogP contribution in [0.4, 0.5) is 5.69 Å². The van der Waals surface area contributed by atoms with E-state index >= 15 is 0 Å². The van der Waals surface area contributed by atoms with Gasteiger partial charge < -0.3 is 20.9 Å². The van der Waals surface area contributed by atoms with Crippen LogP contribution in [0, 0.1) is 10.8 Å². The summed E-state index contributed by atoms with van der Waals surface area (Å²) in [7, 11) is 2.03. The van der Waals surface area contributed by atoms with Crippen LogP contribution in [-0.4, -0.2) is 27.1 Å². The van der Waals surface area contributed by atoms with Crippen molar-refractivity contribution in [2.45, 2.75) is 32.2 Å². The third kappa shape index (κ3) is 6.66. The zero-order valence-corrected chi connectivity index (χ0v) is 25.8. The molecule has 0 atom stereocenters. The first-order valence-corrected chi connectivity index (χ1v) is 15.4. The molecule has 0 aliphatic heterocycles. The number of amides is 1. The highest BCUT2D eigenvalue weighted by atomic mass is 16.2. The Bertz CT molecular complexity index is 2060. The Morgan fingerprint density at radius 2 is 1.33 bits per heavy atom. The molecule has 1 heterocycles. The highest BCUT2D eigenvalue weighted by Gasteiger charge is 2.19. The minimum absolute atomic E-state index is 0.0216. The van der Waals surface area contributed by atoms with Crippen LogP contribution in [0.5, 0.6) is 0 Å². The van der Waals surface area contributed by atoms with E-state index in [-0.39, 0.29) is 17.6 Å². The lowest BCUT2D eigenvalue weighted by Crippen LogP contribution is -2.30. The molecule has 0 spiro atoms. The molecule has 0 aliphatic rings. The van der Waals surface area contributed by atoms with Crippen LogP contribution < -0.4 is 16.4 Å². The average Bonchev–Trinajstić information content (AvgIpc) is 3.39. The Kier molecular flexibility index (Phi) is 8.61. The van der Waals surface area contributed by atoms with Crippen molar-refractivity contribution in [1.29, 1.82) is 10.8 Å². The summed E-state index contributed by atoms with van der Waals surface area (Å²) in [4.78, 5) is 20.8. The molecule has 8 nitrogen and oxygen atoms in total. The van der Waals surface area contributed by atoms with E-state index in [1.165, 1.54) is 0 Å². The molecule has 5 aromatic carbocycles. The smallest absolute Gasteiger partial charge is 0.227 e. The van der Waals surface area contributed by atoms with Gasteiger partial charge in [0.15, 0.2) is 0 Å². The first-order chi connectivity index (χ1) is 22.2. The van der Waals surface area contributed by atoms with Gasteiger partial charge in [-0.2, -0.15) is 0 Å². The van der Waals surface area contributed by atoms with Crippen molar-refractivity contribution in [3.8, 4) is 0 Å². The second-order valence-corrected chi connectivity index (χ2v) is 11.6. The molecule has 6 rings (SSSR count). The first kappa shape index (κ1) is 30.3. The number of amidine groups is 2. The highest BCUT2D eigenvalue weighted by Crippen LogP contribution is 2.27. The summed E-state index contributed by atoms with van der Waals surface area (Å²) in [6.07, 6.45) is 2.47. The monoisotopic (exact) mass is 607 g/mol. The van der Waals surface area contributed by atoms with Crippen LogP contribution in [0.25, 0.3) is 21.8 Å². The summed E-state index contributed by atoms with van der Waals surface area (Å²) in [5, 5.41) is 17.6. The fraction of sp³-hybridized carbons (Fsp3) is 0.158. The lowest BCUT2D eigenvalue weighted by atomic mass is 10.0. The number of hydrogen-bond acceptors (Lipinski definition) is 4. The molecule has 0 saturated heterocycles. The Morgan fingerprint density at radius 1 is 0.717 bits per heavy atom. The number of nitrogen functional groups attached to an aromatic ring is 2. The first-order valence-electron chi connectivity index (χ1n) is 15.4. The van der Waals surface area contributed by atoms with Gasteiger partial charge in [-0.05, 0) is 64.6 Å². The molecule has 6 aromatic rings. The van der Waals surface area contributed by atoms with Gasteiger partial charge in [-0.15, -0.1) is 0 Å². The number of benzene rings is 5. The second-order valence-electron chi connectivity index (χ2n) is 11.6. The molecule has 0 aliphatic carbocycles. The van der Waals surface area contributed by atoms with Gasteiger partial charge in [0.1, 0.15) is 17.5 Å².